The van der Waals surface area contributed by atoms with Gasteiger partial charge in [0.25, 0.3) is 0 Å². The van der Waals surface area contributed by atoms with Crippen molar-refractivity contribution < 1.29 is 20.4 Å². The minimum atomic E-state index is 0. The Bertz CT molecular complexity index is 1580. The van der Waals surface area contributed by atoms with Gasteiger partial charge < -0.3 is 19.1 Å². The Morgan fingerprint density at radius 2 is 1.11 bits per heavy atom. The first-order valence-corrected chi connectivity index (χ1v) is 10.5. The molecule has 35 heavy (non-hydrogen) atoms. The van der Waals surface area contributed by atoms with Gasteiger partial charge in [-0.1, -0.05) is 24.3 Å². The van der Waals surface area contributed by atoms with Gasteiger partial charge in [0, 0.05) is 24.0 Å². The maximum atomic E-state index is 4.73. The normalized spacial score (nSPS) is 11.4. The summed E-state index contributed by atoms with van der Waals surface area (Å²) in [6, 6.07) is 11.5. The zero-order chi connectivity index (χ0) is 23.1. The van der Waals surface area contributed by atoms with Crippen LogP contribution in [0.2, 0.25) is 0 Å². The maximum Gasteiger partial charge on any atom is 2.00 e. The first-order valence-electron chi connectivity index (χ1n) is 10.5. The van der Waals surface area contributed by atoms with Crippen LogP contribution in [0.3, 0.4) is 0 Å². The summed E-state index contributed by atoms with van der Waals surface area (Å²) < 4.78 is 3.54. The van der Waals surface area contributed by atoms with Crippen LogP contribution < -0.4 is 0 Å². The Labute approximate surface area is 213 Å². The van der Waals surface area contributed by atoms with Crippen LogP contribution in [0.25, 0.3) is 46.1 Å². The largest absolute Gasteiger partial charge is 2.00 e. The van der Waals surface area contributed by atoms with Crippen molar-refractivity contribution >= 4 is 34.5 Å². The average molecular weight is 551 g/mol. The van der Waals surface area contributed by atoms with Crippen LogP contribution in [0.15, 0.2) is 49.1 Å². The van der Waals surface area contributed by atoms with Crippen LogP contribution in [0.4, 0.5) is 0 Å². The molecule has 0 bridgehead atoms. The van der Waals surface area contributed by atoms with Gasteiger partial charge in [0.2, 0.25) is 0 Å². The molecule has 6 aromatic heterocycles. The fourth-order valence-electron chi connectivity index (χ4n) is 3.71. The second kappa shape index (κ2) is 9.21. The van der Waals surface area contributed by atoms with Crippen LogP contribution in [0.1, 0.15) is 22.8 Å². The molecule has 6 heterocycles. The summed E-state index contributed by atoms with van der Waals surface area (Å²) >= 11 is 0. The first-order chi connectivity index (χ1) is 16.7. The molecule has 6 aromatic rings. The molecule has 0 aliphatic heterocycles. The predicted octanol–water partition coefficient (Wildman–Crippen LogP) is 3.12. The van der Waals surface area contributed by atoms with Crippen molar-refractivity contribution in [1.82, 2.24) is 49.0 Å². The van der Waals surface area contributed by atoms with E-state index in [-0.39, 0.29) is 20.4 Å². The van der Waals surface area contributed by atoms with E-state index in [1.54, 1.807) is 9.13 Å². The second-order valence-electron chi connectivity index (χ2n) is 7.53. The van der Waals surface area contributed by atoms with Crippen LogP contribution >= 0.6 is 0 Å². The first kappa shape index (κ1) is 22.6. The summed E-state index contributed by atoms with van der Waals surface area (Å²) in [6.07, 6.45) is 12.7. The Morgan fingerprint density at radius 3 is 1.57 bits per heavy atom. The van der Waals surface area contributed by atoms with E-state index in [4.69, 9.17) is 9.97 Å². The molecule has 0 aliphatic rings. The molecule has 0 fully saturated rings. The van der Waals surface area contributed by atoms with E-state index in [0.717, 1.165) is 33.8 Å². The maximum absolute atomic E-state index is 4.73. The number of nitrogens with zero attached hydrogens (tertiary/aromatic N) is 10. The van der Waals surface area contributed by atoms with E-state index in [1.807, 2.05) is 62.4 Å². The van der Waals surface area contributed by atoms with Crippen molar-refractivity contribution in [3.63, 3.8) is 0 Å². The number of hydrogen-bond acceptors (Lipinski definition) is 8. The summed E-state index contributed by atoms with van der Waals surface area (Å²) in [5.41, 5.74) is 5.89. The minimum absolute atomic E-state index is 0. The van der Waals surface area contributed by atoms with E-state index in [2.05, 4.69) is 42.6 Å². The number of rotatable bonds is 4. The molecule has 0 saturated heterocycles. The van der Waals surface area contributed by atoms with Crippen molar-refractivity contribution in [2.75, 3.05) is 0 Å². The Kier molecular flexibility index (Phi) is 5.95. The summed E-state index contributed by atoms with van der Waals surface area (Å²) in [7, 11) is 0. The van der Waals surface area contributed by atoms with Gasteiger partial charge in [-0.2, -0.15) is 0 Å². The zero-order valence-corrected chi connectivity index (χ0v) is 20.1. The monoisotopic (exact) mass is 550 g/mol. The smallest absolute Gasteiger partial charge is 0.409 e. The van der Waals surface area contributed by atoms with Crippen molar-refractivity contribution in [2.45, 2.75) is 13.8 Å². The quantitative estimate of drug-likeness (QED) is 0.243. The molecule has 11 heteroatoms. The molecule has 0 N–H and O–H groups in total. The van der Waals surface area contributed by atoms with Crippen LogP contribution in [-0.2, 0) is 20.4 Å². The second-order valence-corrected chi connectivity index (χ2v) is 7.53. The number of aromatic nitrogens is 10. The van der Waals surface area contributed by atoms with Gasteiger partial charge in [0.05, 0.1) is 34.3 Å². The topological polar surface area (TPSA) is 113 Å². The van der Waals surface area contributed by atoms with Crippen LogP contribution in [-0.4, -0.2) is 49.0 Å². The third-order valence-corrected chi connectivity index (χ3v) is 5.33. The number of imidazole rings is 2. The van der Waals surface area contributed by atoms with E-state index in [0.29, 0.717) is 22.9 Å². The molecule has 0 spiro atoms. The van der Waals surface area contributed by atoms with Crippen LogP contribution in [0, 0.1) is 26.5 Å². The van der Waals surface area contributed by atoms with Crippen molar-refractivity contribution in [2.24, 2.45) is 0 Å². The molecular weight excluding hydrogens is 535 g/mol. The van der Waals surface area contributed by atoms with Gasteiger partial charge in [0.1, 0.15) is 12.7 Å². The van der Waals surface area contributed by atoms with Crippen molar-refractivity contribution in [1.29, 1.82) is 0 Å². The Hall–Kier alpha value is -4.20. The average Bonchev–Trinajstić information content (AvgIpc) is 3.50. The Morgan fingerprint density at radius 1 is 0.657 bits per heavy atom. The van der Waals surface area contributed by atoms with E-state index in [9.17, 15) is 0 Å². The fraction of sp³-hybridized carbons (Fsp3) is 0.0833. The molecule has 0 saturated carbocycles. The molecule has 0 radical (unpaired) electrons. The summed E-state index contributed by atoms with van der Waals surface area (Å²) in [5, 5.41) is 0. The SMILES string of the molecule is Cc1ncnc2n[c-]n(-c3cccc(/C=C\c4cccc(-n5[c-]nc6ncnc(C)c65)n4)n3)c12.[Pd+2]. The summed E-state index contributed by atoms with van der Waals surface area (Å²) in [4.78, 5) is 34.9. The van der Waals surface area contributed by atoms with E-state index >= 15 is 0 Å². The van der Waals surface area contributed by atoms with Gasteiger partial charge in [-0.3, -0.25) is 29.9 Å². The van der Waals surface area contributed by atoms with Gasteiger partial charge in [0.15, 0.2) is 0 Å². The van der Waals surface area contributed by atoms with Crippen molar-refractivity contribution in [3.8, 4) is 11.6 Å². The number of fused-ring (bicyclic) bond motifs is 2. The molecule has 0 aliphatic carbocycles. The standard InChI is InChI=1S/C24H16N10.Pd/c1-15-21-23(27-11-25-15)29-13-33(21)19-7-3-5-17(31-19)9-10-18-6-4-8-20(32-18)34-14-30-24-22(34)16(2)26-12-28-24;/h3-12H,1-2H3;/q-2;+2/b10-9-;. The molecule has 0 unspecified atom stereocenters. The van der Waals surface area contributed by atoms with E-state index in [1.165, 1.54) is 12.7 Å². The summed E-state index contributed by atoms with van der Waals surface area (Å²) in [5.74, 6) is 1.36. The van der Waals surface area contributed by atoms with Gasteiger partial charge in [-0.15, -0.1) is 0 Å². The third-order valence-electron chi connectivity index (χ3n) is 5.33. The van der Waals surface area contributed by atoms with Crippen LogP contribution in [0.5, 0.6) is 0 Å². The molecule has 172 valence electrons. The van der Waals surface area contributed by atoms with Crippen molar-refractivity contribution in [3.05, 3.63) is 84.5 Å². The molecule has 0 amide bonds. The number of hydrogen-bond donors (Lipinski definition) is 0. The van der Waals surface area contributed by atoms with Gasteiger partial charge >= 0.3 is 20.4 Å². The minimum Gasteiger partial charge on any atom is -0.409 e. The number of aryl methyl sites for hydroxylation is 2. The molecule has 0 atom stereocenters. The van der Waals surface area contributed by atoms with Gasteiger partial charge in [-0.05, 0) is 49.2 Å². The number of pyridine rings is 2. The predicted molar refractivity (Wildman–Crippen MR) is 125 cm³/mol. The summed E-state index contributed by atoms with van der Waals surface area (Å²) in [6.45, 7) is 3.82. The Balaban J connectivity index is 0.00000253. The molecule has 10 nitrogen and oxygen atoms in total. The molecule has 0 aromatic carbocycles. The van der Waals surface area contributed by atoms with E-state index < -0.39 is 0 Å². The fourth-order valence-corrected chi connectivity index (χ4v) is 3.71. The van der Waals surface area contributed by atoms with Gasteiger partial charge in [-0.25, -0.2) is 0 Å². The third kappa shape index (κ3) is 4.12. The molecular formula is C24H16N10Pd. The zero-order valence-electron chi connectivity index (χ0n) is 18.6. The molecule has 6 rings (SSSR count).